The van der Waals surface area contributed by atoms with Gasteiger partial charge in [0.05, 0.1) is 12.6 Å². The van der Waals surface area contributed by atoms with Crippen LogP contribution in [0.3, 0.4) is 0 Å². The van der Waals surface area contributed by atoms with Gasteiger partial charge in [0.15, 0.2) is 0 Å². The van der Waals surface area contributed by atoms with Crippen molar-refractivity contribution in [3.05, 3.63) is 82.7 Å². The molecule has 1 N–H and O–H groups in total. The molecule has 5 nitrogen and oxygen atoms in total. The second kappa shape index (κ2) is 8.99. The number of nitrogens with one attached hydrogen (secondary N) is 1. The Labute approximate surface area is 169 Å². The Bertz CT molecular complexity index is 862. The smallest absolute Gasteiger partial charge is 0.236 e. The van der Waals surface area contributed by atoms with E-state index in [1.54, 1.807) is 11.3 Å². The van der Waals surface area contributed by atoms with Gasteiger partial charge in [-0.2, -0.15) is 0 Å². The molecule has 4 rings (SSSR count). The van der Waals surface area contributed by atoms with Crippen LogP contribution in [0.2, 0.25) is 0 Å². The Hall–Kier alpha value is -2.70. The van der Waals surface area contributed by atoms with E-state index in [0.29, 0.717) is 6.54 Å². The maximum absolute atomic E-state index is 12.8. The molecule has 1 fully saturated rings. The molecular formula is C22H24N4OS. The fraction of sp³-hybridized carbons (Fsp3) is 0.273. The molecule has 6 heteroatoms. The van der Waals surface area contributed by atoms with Crippen molar-refractivity contribution in [3.63, 3.8) is 0 Å². The molecular weight excluding hydrogens is 368 g/mol. The lowest BCUT2D eigenvalue weighted by atomic mass is 10.1. The first-order valence-corrected chi connectivity index (χ1v) is 10.4. The van der Waals surface area contributed by atoms with Crippen LogP contribution in [0.5, 0.6) is 0 Å². The molecule has 0 bridgehead atoms. The fourth-order valence-electron chi connectivity index (χ4n) is 3.51. The number of carbonyl (C=O) groups is 1. The molecule has 144 valence electrons. The van der Waals surface area contributed by atoms with E-state index in [1.807, 2.05) is 47.5 Å². The van der Waals surface area contributed by atoms with Crippen LogP contribution in [-0.4, -0.2) is 48.5 Å². The number of thiophene rings is 1. The number of carbonyl (C=O) groups excluding carboxylic acids is 1. The molecule has 2 aromatic heterocycles. The van der Waals surface area contributed by atoms with Crippen LogP contribution >= 0.6 is 11.3 Å². The SMILES string of the molecule is O=C(CN[C@H](c1ccccc1)c1cccs1)N1CCN(c2ccccn2)CC1. The minimum atomic E-state index is 0.0416. The molecule has 1 saturated heterocycles. The lowest BCUT2D eigenvalue weighted by molar-refractivity contribution is -0.130. The van der Waals surface area contributed by atoms with Crippen molar-refractivity contribution < 1.29 is 4.79 Å². The normalized spacial score (nSPS) is 15.4. The zero-order valence-corrected chi connectivity index (χ0v) is 16.5. The van der Waals surface area contributed by atoms with Crippen LogP contribution < -0.4 is 10.2 Å². The number of pyridine rings is 1. The largest absolute Gasteiger partial charge is 0.353 e. The van der Waals surface area contributed by atoms with Gasteiger partial charge in [-0.05, 0) is 29.1 Å². The average Bonchev–Trinajstić information content (AvgIpc) is 3.30. The van der Waals surface area contributed by atoms with Gasteiger partial charge in [0, 0.05) is 37.3 Å². The summed E-state index contributed by atoms with van der Waals surface area (Å²) in [5.41, 5.74) is 1.18. The number of benzene rings is 1. The van der Waals surface area contributed by atoms with Gasteiger partial charge in [-0.15, -0.1) is 11.3 Å². The predicted octanol–water partition coefficient (Wildman–Crippen LogP) is 3.17. The van der Waals surface area contributed by atoms with Gasteiger partial charge in [-0.3, -0.25) is 10.1 Å². The molecule has 1 aliphatic rings. The highest BCUT2D eigenvalue weighted by Gasteiger charge is 2.23. The van der Waals surface area contributed by atoms with E-state index < -0.39 is 0 Å². The first-order valence-electron chi connectivity index (χ1n) is 9.57. The average molecular weight is 393 g/mol. The third kappa shape index (κ3) is 4.40. The van der Waals surface area contributed by atoms with E-state index in [4.69, 9.17) is 0 Å². The topological polar surface area (TPSA) is 48.5 Å². The van der Waals surface area contributed by atoms with Crippen LogP contribution in [0.25, 0.3) is 0 Å². The molecule has 3 aromatic rings. The van der Waals surface area contributed by atoms with E-state index in [9.17, 15) is 4.79 Å². The van der Waals surface area contributed by atoms with Crippen molar-refractivity contribution in [3.8, 4) is 0 Å². The van der Waals surface area contributed by atoms with Crippen molar-refractivity contribution in [2.24, 2.45) is 0 Å². The summed E-state index contributed by atoms with van der Waals surface area (Å²) in [7, 11) is 0. The lowest BCUT2D eigenvalue weighted by Gasteiger charge is -2.35. The molecule has 0 radical (unpaired) electrons. The van der Waals surface area contributed by atoms with Gasteiger partial charge in [0.1, 0.15) is 5.82 Å². The van der Waals surface area contributed by atoms with E-state index in [2.05, 4.69) is 44.8 Å². The van der Waals surface area contributed by atoms with Crippen LogP contribution in [0.15, 0.2) is 72.2 Å². The second-order valence-electron chi connectivity index (χ2n) is 6.80. The van der Waals surface area contributed by atoms with Crippen molar-refractivity contribution >= 4 is 23.1 Å². The maximum Gasteiger partial charge on any atom is 0.236 e. The van der Waals surface area contributed by atoms with Gasteiger partial charge in [0.2, 0.25) is 5.91 Å². The van der Waals surface area contributed by atoms with Crippen LogP contribution in [-0.2, 0) is 4.79 Å². The summed E-state index contributed by atoms with van der Waals surface area (Å²) < 4.78 is 0. The Balaban J connectivity index is 1.34. The van der Waals surface area contributed by atoms with Gasteiger partial charge >= 0.3 is 0 Å². The number of aromatic nitrogens is 1. The predicted molar refractivity (Wildman–Crippen MR) is 114 cm³/mol. The molecule has 1 atom stereocenters. The zero-order valence-electron chi connectivity index (χ0n) is 15.7. The molecule has 1 aromatic carbocycles. The Morgan fingerprint density at radius 3 is 2.46 bits per heavy atom. The number of piperazine rings is 1. The van der Waals surface area contributed by atoms with Gasteiger partial charge < -0.3 is 9.80 Å². The molecule has 0 saturated carbocycles. The highest BCUT2D eigenvalue weighted by Crippen LogP contribution is 2.25. The van der Waals surface area contributed by atoms with E-state index in [1.165, 1.54) is 10.4 Å². The quantitative estimate of drug-likeness (QED) is 0.700. The first kappa shape index (κ1) is 18.7. The number of amides is 1. The summed E-state index contributed by atoms with van der Waals surface area (Å²) in [4.78, 5) is 22.6. The summed E-state index contributed by atoms with van der Waals surface area (Å²) in [5, 5.41) is 5.55. The molecule has 1 aliphatic heterocycles. The van der Waals surface area contributed by atoms with Gasteiger partial charge in [-0.25, -0.2) is 4.98 Å². The van der Waals surface area contributed by atoms with Crippen molar-refractivity contribution in [2.75, 3.05) is 37.6 Å². The standard InChI is InChI=1S/C22H24N4OS/c27-21(26-14-12-25(13-15-26)20-10-4-5-11-23-20)17-24-22(19-9-6-16-28-19)18-7-2-1-3-8-18/h1-11,16,22,24H,12-15,17H2/t22-/m1/s1. The molecule has 0 aliphatic carbocycles. The van der Waals surface area contributed by atoms with E-state index in [-0.39, 0.29) is 11.9 Å². The molecule has 28 heavy (non-hydrogen) atoms. The van der Waals surface area contributed by atoms with Crippen LogP contribution in [0.4, 0.5) is 5.82 Å². The summed E-state index contributed by atoms with van der Waals surface area (Å²) in [5.74, 6) is 1.13. The number of hydrogen-bond donors (Lipinski definition) is 1. The first-order chi connectivity index (χ1) is 13.8. The maximum atomic E-state index is 12.8. The third-order valence-corrected chi connectivity index (χ3v) is 5.96. The monoisotopic (exact) mass is 392 g/mol. The van der Waals surface area contributed by atoms with Crippen molar-refractivity contribution in [1.82, 2.24) is 15.2 Å². The highest BCUT2D eigenvalue weighted by molar-refractivity contribution is 7.10. The Morgan fingerprint density at radius 1 is 1.00 bits per heavy atom. The second-order valence-corrected chi connectivity index (χ2v) is 7.78. The lowest BCUT2D eigenvalue weighted by Crippen LogP contribution is -2.51. The zero-order chi connectivity index (χ0) is 19.2. The van der Waals surface area contributed by atoms with E-state index >= 15 is 0 Å². The fourth-order valence-corrected chi connectivity index (χ4v) is 4.34. The minimum absolute atomic E-state index is 0.0416. The van der Waals surface area contributed by atoms with Crippen molar-refractivity contribution in [1.29, 1.82) is 0 Å². The van der Waals surface area contributed by atoms with Crippen LogP contribution in [0.1, 0.15) is 16.5 Å². The van der Waals surface area contributed by atoms with Gasteiger partial charge in [0.25, 0.3) is 0 Å². The highest BCUT2D eigenvalue weighted by atomic mass is 32.1. The summed E-state index contributed by atoms with van der Waals surface area (Å²) >= 11 is 1.71. The van der Waals surface area contributed by atoms with Crippen LogP contribution in [0, 0.1) is 0 Å². The Morgan fingerprint density at radius 2 is 1.79 bits per heavy atom. The summed E-state index contributed by atoms with van der Waals surface area (Å²) in [6.07, 6.45) is 1.81. The number of rotatable bonds is 6. The van der Waals surface area contributed by atoms with Crippen molar-refractivity contribution in [2.45, 2.75) is 6.04 Å². The number of nitrogens with zero attached hydrogens (tertiary/aromatic N) is 3. The molecule has 1 amide bonds. The number of hydrogen-bond acceptors (Lipinski definition) is 5. The molecule has 3 heterocycles. The third-order valence-electron chi connectivity index (χ3n) is 5.02. The molecule has 0 spiro atoms. The number of anilines is 1. The van der Waals surface area contributed by atoms with E-state index in [0.717, 1.165) is 32.0 Å². The van der Waals surface area contributed by atoms with Gasteiger partial charge in [-0.1, -0.05) is 42.5 Å². The summed E-state index contributed by atoms with van der Waals surface area (Å²) in [6, 6.07) is 20.4. The molecule has 0 unspecified atom stereocenters. The summed E-state index contributed by atoms with van der Waals surface area (Å²) in [6.45, 7) is 3.42. The Kier molecular flexibility index (Phi) is 5.99. The minimum Gasteiger partial charge on any atom is -0.353 e.